The summed E-state index contributed by atoms with van der Waals surface area (Å²) in [4.78, 5) is 23.6. The third-order valence-corrected chi connectivity index (χ3v) is 3.66. The largest absolute Gasteiger partial charge is 0.480 e. The van der Waals surface area contributed by atoms with E-state index in [0.29, 0.717) is 0 Å². The first-order chi connectivity index (χ1) is 9.04. The molecular weight excluding hydrogens is 262 g/mol. The second-order valence-electron chi connectivity index (χ2n) is 4.04. The molecule has 5 heteroatoms. The number of thioether (sulfide) groups is 1. The van der Waals surface area contributed by atoms with Gasteiger partial charge in [-0.3, -0.25) is 4.79 Å². The number of carbonyl (C=O) groups is 2. The number of hydrogen-bond acceptors (Lipinski definition) is 3. The highest BCUT2D eigenvalue weighted by atomic mass is 32.2. The summed E-state index contributed by atoms with van der Waals surface area (Å²) in [5, 5.41) is 11.4. The number of carbonyl (C=O) groups excluding carboxylic acids is 1. The molecule has 1 unspecified atom stereocenters. The highest BCUT2D eigenvalue weighted by molar-refractivity contribution is 8.00. The van der Waals surface area contributed by atoms with E-state index in [1.54, 1.807) is 0 Å². The SMILES string of the molecule is C=CCC(NC(=O)CSc1ccccc1C)C(=O)O. The number of carboxylic acid groups (broad SMARTS) is 1. The zero-order chi connectivity index (χ0) is 14.3. The fraction of sp³-hybridized carbons (Fsp3) is 0.286. The zero-order valence-corrected chi connectivity index (χ0v) is 11.6. The fourth-order valence-electron chi connectivity index (χ4n) is 1.49. The predicted octanol–water partition coefficient (Wildman–Crippen LogP) is 2.23. The molecule has 1 amide bonds. The molecule has 1 rings (SSSR count). The first-order valence-corrected chi connectivity index (χ1v) is 6.84. The fourth-order valence-corrected chi connectivity index (χ4v) is 2.33. The summed E-state index contributed by atoms with van der Waals surface area (Å²) in [6.07, 6.45) is 1.70. The Morgan fingerprint density at radius 3 is 2.74 bits per heavy atom. The quantitative estimate of drug-likeness (QED) is 0.593. The molecule has 0 spiro atoms. The Morgan fingerprint density at radius 2 is 2.16 bits per heavy atom. The van der Waals surface area contributed by atoms with Crippen LogP contribution in [0.4, 0.5) is 0 Å². The van der Waals surface area contributed by atoms with Crippen LogP contribution in [0.25, 0.3) is 0 Å². The van der Waals surface area contributed by atoms with Crippen LogP contribution in [0.15, 0.2) is 41.8 Å². The minimum Gasteiger partial charge on any atom is -0.480 e. The molecule has 0 heterocycles. The molecule has 102 valence electrons. The summed E-state index contributed by atoms with van der Waals surface area (Å²) >= 11 is 1.40. The van der Waals surface area contributed by atoms with Crippen LogP contribution in [0.2, 0.25) is 0 Å². The molecular formula is C14H17NO3S. The van der Waals surface area contributed by atoms with Crippen molar-refractivity contribution in [2.24, 2.45) is 0 Å². The molecule has 0 aromatic heterocycles. The van der Waals surface area contributed by atoms with E-state index in [1.165, 1.54) is 17.8 Å². The van der Waals surface area contributed by atoms with Gasteiger partial charge < -0.3 is 10.4 Å². The molecule has 0 saturated heterocycles. The third kappa shape index (κ3) is 5.18. The molecule has 1 atom stereocenters. The minimum atomic E-state index is -1.05. The first kappa shape index (κ1) is 15.3. The van der Waals surface area contributed by atoms with Crippen molar-refractivity contribution >= 4 is 23.6 Å². The standard InChI is InChI=1S/C14H17NO3S/c1-3-6-11(14(17)18)15-13(16)9-19-12-8-5-4-7-10(12)2/h3-5,7-8,11H,1,6,9H2,2H3,(H,15,16)(H,17,18). The number of amides is 1. The van der Waals surface area contributed by atoms with Gasteiger partial charge in [0.2, 0.25) is 5.91 Å². The van der Waals surface area contributed by atoms with Gasteiger partial charge in [-0.05, 0) is 25.0 Å². The Morgan fingerprint density at radius 1 is 1.47 bits per heavy atom. The molecule has 0 saturated carbocycles. The van der Waals surface area contributed by atoms with Gasteiger partial charge in [0.15, 0.2) is 0 Å². The maximum absolute atomic E-state index is 11.7. The Labute approximate surface area is 116 Å². The lowest BCUT2D eigenvalue weighted by Gasteiger charge is -2.12. The Bertz CT molecular complexity index is 474. The third-order valence-electron chi connectivity index (χ3n) is 2.49. The molecule has 1 aromatic rings. The lowest BCUT2D eigenvalue weighted by Crippen LogP contribution is -2.41. The topological polar surface area (TPSA) is 66.4 Å². The molecule has 0 aliphatic rings. The van der Waals surface area contributed by atoms with Crippen molar-refractivity contribution in [2.45, 2.75) is 24.3 Å². The summed E-state index contributed by atoms with van der Waals surface area (Å²) in [5.74, 6) is -1.14. The number of nitrogens with one attached hydrogen (secondary N) is 1. The van der Waals surface area contributed by atoms with Crippen molar-refractivity contribution in [3.63, 3.8) is 0 Å². The highest BCUT2D eigenvalue weighted by Crippen LogP contribution is 2.21. The van der Waals surface area contributed by atoms with E-state index in [-0.39, 0.29) is 18.1 Å². The maximum atomic E-state index is 11.7. The number of aliphatic carboxylic acids is 1. The molecule has 0 aliphatic carbocycles. The lowest BCUT2D eigenvalue weighted by atomic mass is 10.2. The number of rotatable bonds is 7. The van der Waals surface area contributed by atoms with Crippen LogP contribution in [0, 0.1) is 6.92 Å². The Balaban J connectivity index is 2.49. The van der Waals surface area contributed by atoms with Crippen LogP contribution in [0.1, 0.15) is 12.0 Å². The Kier molecular flexibility index (Phi) is 6.15. The van der Waals surface area contributed by atoms with Crippen LogP contribution in [-0.2, 0) is 9.59 Å². The van der Waals surface area contributed by atoms with E-state index in [2.05, 4.69) is 11.9 Å². The highest BCUT2D eigenvalue weighted by Gasteiger charge is 2.18. The van der Waals surface area contributed by atoms with Gasteiger partial charge in [-0.25, -0.2) is 4.79 Å². The minimum absolute atomic E-state index is 0.200. The van der Waals surface area contributed by atoms with Crippen LogP contribution in [0.3, 0.4) is 0 Å². The number of benzene rings is 1. The van der Waals surface area contributed by atoms with E-state index in [0.717, 1.165) is 10.5 Å². The van der Waals surface area contributed by atoms with Gasteiger partial charge in [-0.2, -0.15) is 0 Å². The summed E-state index contributed by atoms with van der Waals surface area (Å²) in [6, 6.07) is 6.85. The summed E-state index contributed by atoms with van der Waals surface area (Å²) in [6.45, 7) is 5.45. The molecule has 2 N–H and O–H groups in total. The molecule has 0 radical (unpaired) electrons. The van der Waals surface area contributed by atoms with Crippen molar-refractivity contribution in [2.75, 3.05) is 5.75 Å². The monoisotopic (exact) mass is 279 g/mol. The van der Waals surface area contributed by atoms with Crippen molar-refractivity contribution in [1.29, 1.82) is 0 Å². The maximum Gasteiger partial charge on any atom is 0.326 e. The number of carboxylic acids is 1. The van der Waals surface area contributed by atoms with Gasteiger partial charge in [0.25, 0.3) is 0 Å². The van der Waals surface area contributed by atoms with Crippen molar-refractivity contribution in [3.8, 4) is 0 Å². The van der Waals surface area contributed by atoms with Crippen LogP contribution in [-0.4, -0.2) is 28.8 Å². The molecule has 0 aliphatic heterocycles. The lowest BCUT2D eigenvalue weighted by molar-refractivity contribution is -0.141. The summed E-state index contributed by atoms with van der Waals surface area (Å²) in [7, 11) is 0. The van der Waals surface area contributed by atoms with Crippen LogP contribution >= 0.6 is 11.8 Å². The average Bonchev–Trinajstić information content (AvgIpc) is 2.37. The number of aryl methyl sites for hydroxylation is 1. The second kappa shape index (κ2) is 7.63. The number of hydrogen-bond donors (Lipinski definition) is 2. The van der Waals surface area contributed by atoms with Crippen molar-refractivity contribution < 1.29 is 14.7 Å². The van der Waals surface area contributed by atoms with Gasteiger partial charge >= 0.3 is 5.97 Å². The normalized spacial score (nSPS) is 11.6. The van der Waals surface area contributed by atoms with Gasteiger partial charge in [-0.15, -0.1) is 18.3 Å². The van der Waals surface area contributed by atoms with E-state index in [9.17, 15) is 9.59 Å². The van der Waals surface area contributed by atoms with Crippen molar-refractivity contribution in [1.82, 2.24) is 5.32 Å². The van der Waals surface area contributed by atoms with E-state index >= 15 is 0 Å². The molecule has 19 heavy (non-hydrogen) atoms. The van der Waals surface area contributed by atoms with Gasteiger partial charge in [0, 0.05) is 4.90 Å². The molecule has 0 fully saturated rings. The predicted molar refractivity (Wildman–Crippen MR) is 76.3 cm³/mol. The van der Waals surface area contributed by atoms with Gasteiger partial charge in [0.05, 0.1) is 5.75 Å². The second-order valence-corrected chi connectivity index (χ2v) is 5.05. The Hall–Kier alpha value is -1.75. The summed E-state index contributed by atoms with van der Waals surface area (Å²) < 4.78 is 0. The van der Waals surface area contributed by atoms with Gasteiger partial charge in [-0.1, -0.05) is 24.3 Å². The van der Waals surface area contributed by atoms with Crippen molar-refractivity contribution in [3.05, 3.63) is 42.5 Å². The molecule has 1 aromatic carbocycles. The van der Waals surface area contributed by atoms with Gasteiger partial charge in [0.1, 0.15) is 6.04 Å². The van der Waals surface area contributed by atoms with E-state index < -0.39 is 12.0 Å². The average molecular weight is 279 g/mol. The van der Waals surface area contributed by atoms with E-state index in [1.807, 2.05) is 31.2 Å². The zero-order valence-electron chi connectivity index (χ0n) is 10.8. The smallest absolute Gasteiger partial charge is 0.326 e. The van der Waals surface area contributed by atoms with Crippen LogP contribution in [0.5, 0.6) is 0 Å². The molecule has 0 bridgehead atoms. The first-order valence-electron chi connectivity index (χ1n) is 5.86. The van der Waals surface area contributed by atoms with E-state index in [4.69, 9.17) is 5.11 Å². The summed E-state index contributed by atoms with van der Waals surface area (Å²) in [5.41, 5.74) is 1.10. The van der Waals surface area contributed by atoms with Crippen LogP contribution < -0.4 is 5.32 Å². The molecule has 4 nitrogen and oxygen atoms in total.